The highest BCUT2D eigenvalue weighted by Crippen LogP contribution is 2.30. The average molecular weight is 440 g/mol. The van der Waals surface area contributed by atoms with E-state index in [-0.39, 0.29) is 0 Å². The maximum atomic E-state index is 5.28. The van der Waals surface area contributed by atoms with Crippen LogP contribution in [0.1, 0.15) is 5.69 Å². The van der Waals surface area contributed by atoms with Crippen molar-refractivity contribution >= 4 is 23.1 Å². The van der Waals surface area contributed by atoms with Gasteiger partial charge in [0.15, 0.2) is 11.0 Å². The van der Waals surface area contributed by atoms with Gasteiger partial charge in [-0.05, 0) is 36.4 Å². The van der Waals surface area contributed by atoms with Crippen LogP contribution in [0.2, 0.25) is 0 Å². The first kappa shape index (κ1) is 20.5. The van der Waals surface area contributed by atoms with E-state index in [1.54, 1.807) is 49.7 Å². The van der Waals surface area contributed by atoms with Gasteiger partial charge in [-0.25, -0.2) is 4.98 Å². The molecule has 0 saturated heterocycles. The van der Waals surface area contributed by atoms with Crippen molar-refractivity contribution in [2.24, 2.45) is 0 Å². The zero-order valence-electron chi connectivity index (χ0n) is 16.7. The summed E-state index contributed by atoms with van der Waals surface area (Å²) in [6, 6.07) is 11.8. The predicted octanol–water partition coefficient (Wildman–Crippen LogP) is 4.41. The van der Waals surface area contributed by atoms with E-state index in [1.165, 1.54) is 0 Å². The lowest BCUT2D eigenvalue weighted by Gasteiger charge is -2.09. The molecular weight excluding hydrogens is 418 g/mol. The predicted molar refractivity (Wildman–Crippen MR) is 119 cm³/mol. The summed E-state index contributed by atoms with van der Waals surface area (Å²) in [6.07, 6.45) is 3.51. The molecule has 4 aromatic rings. The Morgan fingerprint density at radius 3 is 2.53 bits per heavy atom. The highest BCUT2D eigenvalue weighted by molar-refractivity contribution is 7.98. The molecule has 0 N–H and O–H groups in total. The monoisotopic (exact) mass is 439 g/mol. The molecule has 0 radical (unpaired) electrons. The van der Waals surface area contributed by atoms with Crippen molar-refractivity contribution < 1.29 is 9.47 Å². The minimum atomic E-state index is 0.585. The number of aromatic nitrogens is 5. The Labute approximate surface area is 183 Å². The fraction of sp³-hybridized carbons (Fsp3) is 0.238. The van der Waals surface area contributed by atoms with Gasteiger partial charge in [-0.1, -0.05) is 11.8 Å². The minimum Gasteiger partial charge on any atom is -0.497 e. The molecular formula is C21H21N5O2S2. The molecule has 9 heteroatoms. The van der Waals surface area contributed by atoms with Crippen LogP contribution in [-0.2, 0) is 17.0 Å². The number of thiazole rings is 1. The van der Waals surface area contributed by atoms with Gasteiger partial charge >= 0.3 is 0 Å². The van der Waals surface area contributed by atoms with Crippen molar-refractivity contribution in [2.75, 3.05) is 20.8 Å². The molecule has 7 nitrogen and oxygen atoms in total. The molecule has 0 bridgehead atoms. The molecule has 0 amide bonds. The Bertz CT molecular complexity index is 1080. The molecule has 0 atom stereocenters. The van der Waals surface area contributed by atoms with Crippen LogP contribution in [0.4, 0.5) is 0 Å². The molecule has 0 aliphatic rings. The Morgan fingerprint density at radius 2 is 1.80 bits per heavy atom. The number of pyridine rings is 1. The van der Waals surface area contributed by atoms with Crippen molar-refractivity contribution in [2.45, 2.75) is 17.5 Å². The summed E-state index contributed by atoms with van der Waals surface area (Å²) in [6.45, 7) is 1.26. The minimum absolute atomic E-state index is 0.585. The molecule has 0 aliphatic heterocycles. The number of hydrogen-bond acceptors (Lipinski definition) is 8. The lowest BCUT2D eigenvalue weighted by Crippen LogP contribution is -2.07. The molecule has 0 fully saturated rings. The van der Waals surface area contributed by atoms with Gasteiger partial charge < -0.3 is 9.47 Å². The van der Waals surface area contributed by atoms with E-state index in [9.17, 15) is 0 Å². The van der Waals surface area contributed by atoms with Gasteiger partial charge in [0.05, 0.1) is 26.0 Å². The van der Waals surface area contributed by atoms with Crippen molar-refractivity contribution in [3.05, 3.63) is 59.9 Å². The van der Waals surface area contributed by atoms with Crippen molar-refractivity contribution in [3.63, 3.8) is 0 Å². The van der Waals surface area contributed by atoms with Crippen LogP contribution < -0.4 is 4.74 Å². The first-order valence-electron chi connectivity index (χ1n) is 9.32. The van der Waals surface area contributed by atoms with Gasteiger partial charge in [-0.15, -0.1) is 21.5 Å². The van der Waals surface area contributed by atoms with Gasteiger partial charge in [0, 0.05) is 41.8 Å². The van der Waals surface area contributed by atoms with Crippen LogP contribution in [0.3, 0.4) is 0 Å². The summed E-state index contributed by atoms with van der Waals surface area (Å²) in [7, 11) is 3.36. The number of thioether (sulfide) groups is 1. The van der Waals surface area contributed by atoms with Gasteiger partial charge in [0.1, 0.15) is 10.8 Å². The van der Waals surface area contributed by atoms with E-state index in [1.807, 2.05) is 36.4 Å². The molecule has 30 heavy (non-hydrogen) atoms. The van der Waals surface area contributed by atoms with Crippen molar-refractivity contribution in [3.8, 4) is 27.7 Å². The third kappa shape index (κ3) is 4.69. The normalized spacial score (nSPS) is 11.0. The summed E-state index contributed by atoms with van der Waals surface area (Å²) in [5.41, 5.74) is 3.08. The number of rotatable bonds is 9. The fourth-order valence-corrected chi connectivity index (χ4v) is 4.66. The highest BCUT2D eigenvalue weighted by Gasteiger charge is 2.15. The molecule has 154 valence electrons. The lowest BCUT2D eigenvalue weighted by atomic mass is 10.2. The number of methoxy groups -OCH3 is 2. The second-order valence-electron chi connectivity index (χ2n) is 6.35. The molecule has 0 unspecified atom stereocenters. The van der Waals surface area contributed by atoms with E-state index in [4.69, 9.17) is 14.5 Å². The fourth-order valence-electron chi connectivity index (χ4n) is 2.87. The van der Waals surface area contributed by atoms with Crippen molar-refractivity contribution in [1.29, 1.82) is 0 Å². The average Bonchev–Trinajstić information content (AvgIpc) is 3.44. The van der Waals surface area contributed by atoms with Gasteiger partial charge in [-0.3, -0.25) is 9.55 Å². The maximum absolute atomic E-state index is 5.28. The van der Waals surface area contributed by atoms with E-state index in [0.29, 0.717) is 18.9 Å². The first-order chi connectivity index (χ1) is 14.8. The van der Waals surface area contributed by atoms with Gasteiger partial charge in [-0.2, -0.15) is 0 Å². The molecule has 3 aromatic heterocycles. The maximum Gasteiger partial charge on any atom is 0.191 e. The zero-order valence-corrected chi connectivity index (χ0v) is 18.3. The summed E-state index contributed by atoms with van der Waals surface area (Å²) in [4.78, 5) is 8.86. The molecule has 3 heterocycles. The Balaban J connectivity index is 1.49. The van der Waals surface area contributed by atoms with Crippen LogP contribution in [0.15, 0.2) is 59.3 Å². The smallest absolute Gasteiger partial charge is 0.191 e. The highest BCUT2D eigenvalue weighted by atomic mass is 32.2. The standard InChI is InChI=1S/C21H21N5O2S2/c1-27-12-11-26-19(15-7-9-22-10-8-15)24-25-21(26)30-14-17-13-29-20(23-17)16-3-5-18(28-2)6-4-16/h3-10,13H,11-12,14H2,1-2H3. The molecule has 0 spiro atoms. The number of hydrogen-bond donors (Lipinski definition) is 0. The largest absolute Gasteiger partial charge is 0.497 e. The topological polar surface area (TPSA) is 75.0 Å². The third-order valence-electron chi connectivity index (χ3n) is 4.41. The Morgan fingerprint density at radius 1 is 1.00 bits per heavy atom. The first-order valence-corrected chi connectivity index (χ1v) is 11.2. The van der Waals surface area contributed by atoms with Crippen LogP contribution in [0.5, 0.6) is 5.75 Å². The van der Waals surface area contributed by atoms with E-state index in [2.05, 4.69) is 25.1 Å². The van der Waals surface area contributed by atoms with Crippen molar-refractivity contribution in [1.82, 2.24) is 24.7 Å². The van der Waals surface area contributed by atoms with E-state index < -0.39 is 0 Å². The van der Waals surface area contributed by atoms with Crippen LogP contribution >= 0.6 is 23.1 Å². The molecule has 1 aromatic carbocycles. The van der Waals surface area contributed by atoms with Gasteiger partial charge in [0.2, 0.25) is 0 Å². The van der Waals surface area contributed by atoms with E-state index >= 15 is 0 Å². The Hall–Kier alpha value is -2.75. The molecule has 4 rings (SSSR count). The van der Waals surface area contributed by atoms with Crippen LogP contribution in [0, 0.1) is 0 Å². The number of nitrogens with zero attached hydrogens (tertiary/aromatic N) is 5. The summed E-state index contributed by atoms with van der Waals surface area (Å²) >= 11 is 3.26. The molecule has 0 aliphatic carbocycles. The second-order valence-corrected chi connectivity index (χ2v) is 8.15. The second kappa shape index (κ2) is 9.84. The number of ether oxygens (including phenoxy) is 2. The SMILES string of the molecule is COCCn1c(SCc2csc(-c3ccc(OC)cc3)n2)nnc1-c1ccncc1. The summed E-state index contributed by atoms with van der Waals surface area (Å²) < 4.78 is 12.6. The van der Waals surface area contributed by atoms with E-state index in [0.717, 1.165) is 38.6 Å². The summed E-state index contributed by atoms with van der Waals surface area (Å²) in [5.74, 6) is 2.37. The van der Waals surface area contributed by atoms with Crippen LogP contribution in [-0.4, -0.2) is 45.6 Å². The number of benzene rings is 1. The lowest BCUT2D eigenvalue weighted by molar-refractivity contribution is 0.185. The summed E-state index contributed by atoms with van der Waals surface area (Å²) in [5, 5.41) is 12.7. The molecule has 0 saturated carbocycles. The zero-order chi connectivity index (χ0) is 20.8. The third-order valence-corrected chi connectivity index (χ3v) is 6.35. The Kier molecular flexibility index (Phi) is 6.73. The quantitative estimate of drug-likeness (QED) is 0.358. The van der Waals surface area contributed by atoms with Gasteiger partial charge in [0.25, 0.3) is 0 Å². The van der Waals surface area contributed by atoms with Crippen LogP contribution in [0.25, 0.3) is 22.0 Å².